The van der Waals surface area contributed by atoms with E-state index in [1.807, 2.05) is 38.1 Å². The quantitative estimate of drug-likeness (QED) is 0.222. The first-order chi connectivity index (χ1) is 17.7. The van der Waals surface area contributed by atoms with Gasteiger partial charge in [-0.3, -0.25) is 9.69 Å². The van der Waals surface area contributed by atoms with E-state index >= 15 is 0 Å². The van der Waals surface area contributed by atoms with Crippen LogP contribution in [0.3, 0.4) is 0 Å². The Bertz CT molecular complexity index is 1490. The Kier molecular flexibility index (Phi) is 8.41. The van der Waals surface area contributed by atoms with E-state index < -0.39 is 0 Å². The lowest BCUT2D eigenvalue weighted by atomic mass is 10.1. The van der Waals surface area contributed by atoms with Crippen LogP contribution in [0.1, 0.15) is 16.7 Å². The number of anilines is 1. The number of rotatable bonds is 6. The largest absolute Gasteiger partial charge is 0.493 e. The van der Waals surface area contributed by atoms with Gasteiger partial charge in [0.25, 0.3) is 5.91 Å². The van der Waals surface area contributed by atoms with Crippen molar-refractivity contribution < 1.29 is 14.3 Å². The lowest BCUT2D eigenvalue weighted by Gasteiger charge is -2.16. The molecular weight excluding hydrogens is 551 g/mol. The molecule has 0 bridgehead atoms. The number of amides is 1. The van der Waals surface area contributed by atoms with Crippen molar-refractivity contribution in [3.05, 3.63) is 85.2 Å². The number of thioether (sulfide) groups is 1. The fraction of sp³-hybridized carbons (Fsp3) is 0.143. The molecule has 3 aromatic carbocycles. The number of hydrogen-bond donors (Lipinski definition) is 0. The first-order valence-electron chi connectivity index (χ1n) is 11.0. The fourth-order valence-corrected chi connectivity index (χ4v) is 5.11. The second kappa shape index (κ2) is 11.5. The number of terminal acetylenes is 1. The number of hydrogen-bond acceptors (Lipinski definition) is 5. The third-order valence-corrected chi connectivity index (χ3v) is 7.51. The zero-order valence-electron chi connectivity index (χ0n) is 20.1. The number of carbonyl (C=O) groups is 1. The molecule has 1 heterocycles. The Balaban J connectivity index is 1.79. The molecule has 0 radical (unpaired) electrons. The van der Waals surface area contributed by atoms with Gasteiger partial charge in [0.15, 0.2) is 16.7 Å². The number of benzene rings is 3. The van der Waals surface area contributed by atoms with E-state index in [4.69, 9.17) is 55.7 Å². The van der Waals surface area contributed by atoms with Crippen molar-refractivity contribution in [3.63, 3.8) is 0 Å². The van der Waals surface area contributed by atoms with Crippen molar-refractivity contribution in [2.24, 2.45) is 4.99 Å². The van der Waals surface area contributed by atoms with Crippen LogP contribution >= 0.6 is 46.6 Å². The van der Waals surface area contributed by atoms with Crippen LogP contribution in [0, 0.1) is 26.2 Å². The van der Waals surface area contributed by atoms with Crippen molar-refractivity contribution in [2.75, 3.05) is 18.6 Å². The highest BCUT2D eigenvalue weighted by atomic mass is 35.5. The summed E-state index contributed by atoms with van der Waals surface area (Å²) in [5.74, 6) is 2.88. The number of aryl methyl sites for hydroxylation is 2. The van der Waals surface area contributed by atoms with Crippen LogP contribution in [0.15, 0.2) is 58.4 Å². The number of amidine groups is 1. The maximum absolute atomic E-state index is 13.7. The summed E-state index contributed by atoms with van der Waals surface area (Å²) in [6.45, 7) is 3.86. The molecule has 3 aromatic rings. The molecule has 1 saturated heterocycles. The zero-order chi connectivity index (χ0) is 26.7. The lowest BCUT2D eigenvalue weighted by Crippen LogP contribution is -2.28. The Morgan fingerprint density at radius 3 is 2.38 bits per heavy atom. The molecule has 9 heteroatoms. The van der Waals surface area contributed by atoms with Gasteiger partial charge >= 0.3 is 0 Å². The molecule has 188 valence electrons. The fourth-order valence-electron chi connectivity index (χ4n) is 3.49. The van der Waals surface area contributed by atoms with Crippen LogP contribution in [0.2, 0.25) is 15.1 Å². The van der Waals surface area contributed by atoms with Gasteiger partial charge < -0.3 is 9.47 Å². The summed E-state index contributed by atoms with van der Waals surface area (Å²) in [5.41, 5.74) is 3.70. The van der Waals surface area contributed by atoms with Crippen LogP contribution in [0.4, 0.5) is 11.4 Å². The standard InChI is InChI=1S/C28H21Cl3N2O3S/c1-5-10-36-26-23(31)11-18(12-24(26)35-4)13-25-27(34)33(20-9-7-17(3)22(30)15-20)28(37-25)32-19-8-6-16(2)21(29)14-19/h1,6-9,11-15H,10H2,2-4H3/b25-13+,32-28?. The van der Waals surface area contributed by atoms with Gasteiger partial charge in [-0.1, -0.05) is 52.9 Å². The van der Waals surface area contributed by atoms with Gasteiger partial charge in [-0.05, 0) is 84.8 Å². The van der Waals surface area contributed by atoms with Crippen LogP contribution in [0.5, 0.6) is 11.5 Å². The monoisotopic (exact) mass is 570 g/mol. The third kappa shape index (κ3) is 5.92. The second-order valence-corrected chi connectivity index (χ2v) is 10.3. The number of methoxy groups -OCH3 is 1. The number of aliphatic imine (C=N–C) groups is 1. The predicted octanol–water partition coefficient (Wildman–Crippen LogP) is 8.09. The first-order valence-corrected chi connectivity index (χ1v) is 13.0. The average molecular weight is 572 g/mol. The summed E-state index contributed by atoms with van der Waals surface area (Å²) in [4.78, 5) is 20.4. The minimum Gasteiger partial charge on any atom is -0.493 e. The molecule has 0 saturated carbocycles. The Morgan fingerprint density at radius 1 is 1.03 bits per heavy atom. The average Bonchev–Trinajstić information content (AvgIpc) is 3.16. The maximum Gasteiger partial charge on any atom is 0.271 e. The first kappa shape index (κ1) is 27.0. The van der Waals surface area contributed by atoms with Crippen molar-refractivity contribution in [1.82, 2.24) is 0 Å². The smallest absolute Gasteiger partial charge is 0.271 e. The molecule has 0 unspecified atom stereocenters. The highest BCUT2D eigenvalue weighted by Crippen LogP contribution is 2.41. The maximum atomic E-state index is 13.7. The molecule has 1 fully saturated rings. The highest BCUT2D eigenvalue weighted by molar-refractivity contribution is 8.19. The van der Waals surface area contributed by atoms with Gasteiger partial charge in [-0.2, -0.15) is 0 Å². The molecule has 0 spiro atoms. The van der Waals surface area contributed by atoms with Crippen LogP contribution < -0.4 is 14.4 Å². The Labute approximate surface area is 235 Å². The Hall–Kier alpha value is -3.08. The van der Waals surface area contributed by atoms with E-state index in [0.717, 1.165) is 11.1 Å². The van der Waals surface area contributed by atoms with Gasteiger partial charge in [0.1, 0.15) is 6.61 Å². The predicted molar refractivity (Wildman–Crippen MR) is 155 cm³/mol. The van der Waals surface area contributed by atoms with Gasteiger partial charge in [0.05, 0.1) is 28.4 Å². The van der Waals surface area contributed by atoms with Gasteiger partial charge in [0.2, 0.25) is 0 Å². The highest BCUT2D eigenvalue weighted by Gasteiger charge is 2.35. The van der Waals surface area contributed by atoms with Crippen LogP contribution in [-0.2, 0) is 4.79 Å². The molecule has 37 heavy (non-hydrogen) atoms. The van der Waals surface area contributed by atoms with E-state index in [1.165, 1.54) is 23.8 Å². The van der Waals surface area contributed by atoms with Crippen molar-refractivity contribution in [2.45, 2.75) is 13.8 Å². The summed E-state index contributed by atoms with van der Waals surface area (Å²) >= 11 is 20.4. The summed E-state index contributed by atoms with van der Waals surface area (Å²) in [7, 11) is 1.50. The van der Waals surface area contributed by atoms with Crippen molar-refractivity contribution in [3.8, 4) is 23.8 Å². The van der Waals surface area contributed by atoms with E-state index in [0.29, 0.717) is 53.6 Å². The molecule has 1 amide bonds. The summed E-state index contributed by atoms with van der Waals surface area (Å²) in [5, 5.41) is 1.90. The number of ether oxygens (including phenoxy) is 2. The molecule has 1 aliphatic heterocycles. The number of nitrogens with zero attached hydrogens (tertiary/aromatic N) is 2. The normalized spacial score (nSPS) is 15.4. The summed E-state index contributed by atoms with van der Waals surface area (Å²) in [6.07, 6.45) is 7.02. The topological polar surface area (TPSA) is 51.1 Å². The molecule has 0 atom stereocenters. The van der Waals surface area contributed by atoms with Crippen molar-refractivity contribution >= 4 is 75.1 Å². The SMILES string of the molecule is C#CCOc1c(Cl)cc(/C=C2/SC(=Nc3ccc(C)c(Cl)c3)N(c3ccc(C)c(Cl)c3)C2=O)cc1OC. The van der Waals surface area contributed by atoms with E-state index in [2.05, 4.69) is 5.92 Å². The van der Waals surface area contributed by atoms with E-state index in [9.17, 15) is 4.79 Å². The summed E-state index contributed by atoms with van der Waals surface area (Å²) in [6, 6.07) is 14.3. The Morgan fingerprint density at radius 2 is 1.73 bits per heavy atom. The summed E-state index contributed by atoms with van der Waals surface area (Å²) < 4.78 is 10.9. The van der Waals surface area contributed by atoms with Gasteiger partial charge in [0, 0.05) is 10.0 Å². The molecule has 1 aliphatic rings. The van der Waals surface area contributed by atoms with Crippen LogP contribution in [-0.4, -0.2) is 24.8 Å². The lowest BCUT2D eigenvalue weighted by molar-refractivity contribution is -0.113. The third-order valence-electron chi connectivity index (χ3n) is 5.45. The molecule has 0 aromatic heterocycles. The molecule has 5 nitrogen and oxygen atoms in total. The van der Waals surface area contributed by atoms with E-state index in [1.54, 1.807) is 30.3 Å². The zero-order valence-corrected chi connectivity index (χ0v) is 23.2. The van der Waals surface area contributed by atoms with Gasteiger partial charge in [-0.15, -0.1) is 6.42 Å². The molecule has 0 N–H and O–H groups in total. The molecule has 4 rings (SSSR count). The van der Waals surface area contributed by atoms with Crippen molar-refractivity contribution in [1.29, 1.82) is 0 Å². The van der Waals surface area contributed by atoms with Gasteiger partial charge in [-0.25, -0.2) is 4.99 Å². The number of carbonyl (C=O) groups excluding carboxylic acids is 1. The minimum absolute atomic E-state index is 0.0434. The molecular formula is C28H21Cl3N2O3S. The van der Waals surface area contributed by atoms with Crippen LogP contribution in [0.25, 0.3) is 6.08 Å². The minimum atomic E-state index is -0.260. The van der Waals surface area contributed by atoms with E-state index in [-0.39, 0.29) is 12.5 Å². The number of halogens is 3. The molecule has 0 aliphatic carbocycles. The second-order valence-electron chi connectivity index (χ2n) is 8.04.